The molecule has 0 aliphatic rings. The second-order valence-corrected chi connectivity index (χ2v) is 8.47. The number of carbonyl (C=O) groups is 1. The molecule has 1 amide bonds. The zero-order valence-electron chi connectivity index (χ0n) is 17.8. The maximum absolute atomic E-state index is 11.1. The van der Waals surface area contributed by atoms with Crippen molar-refractivity contribution in [1.82, 2.24) is 15.5 Å². The van der Waals surface area contributed by atoms with Crippen molar-refractivity contribution in [1.29, 1.82) is 0 Å². The number of nitrogens with one attached hydrogen (secondary N) is 1. The number of aliphatic hydroxyl groups is 2. The summed E-state index contributed by atoms with van der Waals surface area (Å²) in [6, 6.07) is 7.92. The standard InChI is InChI=1S/C22H27N3O5S/c1-4-5-17-6-7-18(31-17)22-24-21(25-30-22)15-8-13(2)20(14(3)9-15)29-12-16(27)10-23-19(28)11-26/h6-9,16,26-27H,4-5,10-12H2,1-3H3,(H,23,28). The molecule has 2 heterocycles. The lowest BCUT2D eigenvalue weighted by Crippen LogP contribution is -2.36. The zero-order chi connectivity index (χ0) is 22.4. The van der Waals surface area contributed by atoms with Crippen LogP contribution in [0.25, 0.3) is 22.2 Å². The highest BCUT2D eigenvalue weighted by Crippen LogP contribution is 2.32. The van der Waals surface area contributed by atoms with Crippen molar-refractivity contribution >= 4 is 17.2 Å². The lowest BCUT2D eigenvalue weighted by Gasteiger charge is -2.16. The Kier molecular flexibility index (Phi) is 7.78. The van der Waals surface area contributed by atoms with Crippen LogP contribution in [0.4, 0.5) is 0 Å². The van der Waals surface area contributed by atoms with E-state index < -0.39 is 18.6 Å². The van der Waals surface area contributed by atoms with Crippen LogP contribution in [0.3, 0.4) is 0 Å². The molecule has 3 N–H and O–H groups in total. The number of thiophene rings is 1. The van der Waals surface area contributed by atoms with Crippen LogP contribution in [0.5, 0.6) is 5.75 Å². The van der Waals surface area contributed by atoms with Gasteiger partial charge in [-0.3, -0.25) is 4.79 Å². The van der Waals surface area contributed by atoms with Gasteiger partial charge in [0.25, 0.3) is 5.89 Å². The minimum absolute atomic E-state index is 0.00387. The predicted molar refractivity (Wildman–Crippen MR) is 118 cm³/mol. The molecule has 8 nitrogen and oxygen atoms in total. The third-order valence-electron chi connectivity index (χ3n) is 4.61. The average molecular weight is 446 g/mol. The van der Waals surface area contributed by atoms with Gasteiger partial charge in [0.1, 0.15) is 25.1 Å². The van der Waals surface area contributed by atoms with E-state index in [2.05, 4.69) is 28.4 Å². The van der Waals surface area contributed by atoms with Gasteiger partial charge in [-0.05, 0) is 55.7 Å². The number of hydrogen-bond donors (Lipinski definition) is 3. The van der Waals surface area contributed by atoms with Crippen molar-refractivity contribution in [3.8, 4) is 27.9 Å². The molecule has 1 atom stereocenters. The molecular formula is C22H27N3O5S. The van der Waals surface area contributed by atoms with Crippen LogP contribution >= 0.6 is 11.3 Å². The van der Waals surface area contributed by atoms with E-state index in [1.807, 2.05) is 32.0 Å². The van der Waals surface area contributed by atoms with Crippen LogP contribution in [0.15, 0.2) is 28.8 Å². The topological polar surface area (TPSA) is 118 Å². The van der Waals surface area contributed by atoms with Crippen molar-refractivity contribution in [3.05, 3.63) is 40.3 Å². The molecule has 0 aliphatic carbocycles. The van der Waals surface area contributed by atoms with Crippen LogP contribution < -0.4 is 10.1 Å². The quantitative estimate of drug-likeness (QED) is 0.439. The lowest BCUT2D eigenvalue weighted by molar-refractivity contribution is -0.124. The predicted octanol–water partition coefficient (Wildman–Crippen LogP) is 2.88. The number of nitrogens with zero attached hydrogens (tertiary/aromatic N) is 2. The molecule has 31 heavy (non-hydrogen) atoms. The van der Waals surface area contributed by atoms with Gasteiger partial charge in [-0.25, -0.2) is 0 Å². The van der Waals surface area contributed by atoms with Crippen molar-refractivity contribution in [2.75, 3.05) is 19.8 Å². The first-order valence-corrected chi connectivity index (χ1v) is 11.0. The van der Waals surface area contributed by atoms with Gasteiger partial charge in [0, 0.05) is 17.0 Å². The zero-order valence-corrected chi connectivity index (χ0v) is 18.7. The van der Waals surface area contributed by atoms with Gasteiger partial charge < -0.3 is 24.8 Å². The smallest absolute Gasteiger partial charge is 0.268 e. The summed E-state index contributed by atoms with van der Waals surface area (Å²) in [7, 11) is 0. The Hall–Kier alpha value is -2.75. The number of aryl methyl sites for hydroxylation is 3. The highest BCUT2D eigenvalue weighted by molar-refractivity contribution is 7.15. The molecule has 0 aliphatic heterocycles. The summed E-state index contributed by atoms with van der Waals surface area (Å²) >= 11 is 1.66. The number of amides is 1. The average Bonchev–Trinajstić information content (AvgIpc) is 3.41. The van der Waals surface area contributed by atoms with E-state index in [-0.39, 0.29) is 13.2 Å². The number of ether oxygens (including phenoxy) is 1. The molecule has 3 rings (SSSR count). The normalized spacial score (nSPS) is 12.0. The van der Waals surface area contributed by atoms with Crippen LogP contribution in [0.2, 0.25) is 0 Å². The van der Waals surface area contributed by atoms with E-state index in [0.717, 1.165) is 34.4 Å². The summed E-state index contributed by atoms with van der Waals surface area (Å²) < 4.78 is 11.2. The van der Waals surface area contributed by atoms with Crippen molar-refractivity contribution in [2.24, 2.45) is 0 Å². The number of aromatic nitrogens is 2. The molecular weight excluding hydrogens is 418 g/mol. The van der Waals surface area contributed by atoms with Gasteiger partial charge in [0.2, 0.25) is 11.7 Å². The highest BCUT2D eigenvalue weighted by Gasteiger charge is 2.16. The third-order valence-corrected chi connectivity index (χ3v) is 5.74. The first-order valence-electron chi connectivity index (χ1n) is 10.1. The largest absolute Gasteiger partial charge is 0.490 e. The molecule has 0 fully saturated rings. The summed E-state index contributed by atoms with van der Waals surface area (Å²) in [6.45, 7) is 5.36. The monoisotopic (exact) mass is 445 g/mol. The van der Waals surface area contributed by atoms with Crippen LogP contribution in [0.1, 0.15) is 29.3 Å². The Morgan fingerprint density at radius 1 is 1.29 bits per heavy atom. The molecule has 0 saturated heterocycles. The van der Waals surface area contributed by atoms with Gasteiger partial charge in [-0.15, -0.1) is 11.3 Å². The number of aliphatic hydroxyl groups excluding tert-OH is 2. The highest BCUT2D eigenvalue weighted by atomic mass is 32.1. The minimum atomic E-state index is -0.892. The summed E-state index contributed by atoms with van der Waals surface area (Å²) in [4.78, 5) is 17.9. The SMILES string of the molecule is CCCc1ccc(-c2nc(-c3cc(C)c(OCC(O)CNC(=O)CO)c(C)c3)no2)s1. The molecule has 1 aromatic carbocycles. The van der Waals surface area contributed by atoms with Crippen molar-refractivity contribution in [3.63, 3.8) is 0 Å². The van der Waals surface area contributed by atoms with Gasteiger partial charge in [-0.1, -0.05) is 18.5 Å². The lowest BCUT2D eigenvalue weighted by atomic mass is 10.1. The summed E-state index contributed by atoms with van der Waals surface area (Å²) in [6.07, 6.45) is 1.24. The fraction of sp³-hybridized carbons (Fsp3) is 0.409. The van der Waals surface area contributed by atoms with E-state index in [9.17, 15) is 9.90 Å². The number of rotatable bonds is 10. The Balaban J connectivity index is 1.69. The molecule has 0 saturated carbocycles. The summed E-state index contributed by atoms with van der Waals surface area (Å²) in [5.41, 5.74) is 2.56. The second-order valence-electron chi connectivity index (χ2n) is 7.31. The van der Waals surface area contributed by atoms with Gasteiger partial charge in [0.05, 0.1) is 4.88 Å². The number of benzene rings is 1. The molecule has 166 valence electrons. The molecule has 0 spiro atoms. The Morgan fingerprint density at radius 3 is 2.71 bits per heavy atom. The first-order chi connectivity index (χ1) is 14.9. The van der Waals surface area contributed by atoms with Gasteiger partial charge in [0.15, 0.2) is 0 Å². The van der Waals surface area contributed by atoms with Crippen LogP contribution in [-0.4, -0.2) is 52.1 Å². The Labute approximate surface area is 184 Å². The molecule has 9 heteroatoms. The summed E-state index contributed by atoms with van der Waals surface area (Å²) in [5.74, 6) is 1.12. The molecule has 0 radical (unpaired) electrons. The third kappa shape index (κ3) is 5.90. The molecule has 0 bridgehead atoms. The van der Waals surface area contributed by atoms with E-state index in [1.165, 1.54) is 4.88 Å². The van der Waals surface area contributed by atoms with E-state index in [0.29, 0.717) is 17.5 Å². The Morgan fingerprint density at radius 2 is 2.03 bits per heavy atom. The minimum Gasteiger partial charge on any atom is -0.490 e. The van der Waals surface area contributed by atoms with Gasteiger partial charge in [-0.2, -0.15) is 4.98 Å². The second kappa shape index (κ2) is 10.5. The summed E-state index contributed by atoms with van der Waals surface area (Å²) in [5, 5.41) is 25.2. The molecule has 1 unspecified atom stereocenters. The maximum atomic E-state index is 11.1. The Bertz CT molecular complexity index is 1010. The maximum Gasteiger partial charge on any atom is 0.268 e. The molecule has 2 aromatic heterocycles. The van der Waals surface area contributed by atoms with Crippen molar-refractivity contribution < 1.29 is 24.3 Å². The van der Waals surface area contributed by atoms with Crippen LogP contribution in [-0.2, 0) is 11.2 Å². The fourth-order valence-electron chi connectivity index (χ4n) is 3.15. The number of carbonyl (C=O) groups excluding carboxylic acids is 1. The van der Waals surface area contributed by atoms with Crippen LogP contribution in [0, 0.1) is 13.8 Å². The van der Waals surface area contributed by atoms with Gasteiger partial charge >= 0.3 is 0 Å². The molecule has 3 aromatic rings. The van der Waals surface area contributed by atoms with E-state index >= 15 is 0 Å². The number of hydrogen-bond acceptors (Lipinski definition) is 8. The fourth-order valence-corrected chi connectivity index (χ4v) is 4.18. The van der Waals surface area contributed by atoms with E-state index in [1.54, 1.807) is 11.3 Å². The first kappa shape index (κ1) is 22.9. The van der Waals surface area contributed by atoms with Crippen molar-refractivity contribution in [2.45, 2.75) is 39.7 Å². The van der Waals surface area contributed by atoms with E-state index in [4.69, 9.17) is 14.4 Å².